The van der Waals surface area contributed by atoms with E-state index < -0.39 is 10.0 Å². The molecule has 1 N–H and O–H groups in total. The van der Waals surface area contributed by atoms with Crippen molar-refractivity contribution in [2.45, 2.75) is 18.4 Å². The van der Waals surface area contributed by atoms with E-state index in [1.54, 1.807) is 23.3 Å². The zero-order valence-corrected chi connectivity index (χ0v) is 15.7. The van der Waals surface area contributed by atoms with Crippen LogP contribution in [0.5, 0.6) is 0 Å². The smallest absolute Gasteiger partial charge is 0.256 e. The Labute approximate surface area is 154 Å². The van der Waals surface area contributed by atoms with Crippen LogP contribution in [0.15, 0.2) is 57.1 Å². The second-order valence-electron chi connectivity index (χ2n) is 6.36. The summed E-state index contributed by atoms with van der Waals surface area (Å²) >= 11 is 3.41. The molecule has 0 bridgehead atoms. The van der Waals surface area contributed by atoms with Crippen LogP contribution in [0.4, 0.5) is 0 Å². The van der Waals surface area contributed by atoms with Gasteiger partial charge in [-0.25, -0.2) is 8.42 Å². The average Bonchev–Trinajstić information content (AvgIpc) is 3.34. The molecule has 0 aromatic heterocycles. The van der Waals surface area contributed by atoms with Crippen LogP contribution in [0.2, 0.25) is 0 Å². The van der Waals surface area contributed by atoms with E-state index in [1.165, 1.54) is 0 Å². The van der Waals surface area contributed by atoms with Crippen molar-refractivity contribution >= 4 is 37.7 Å². The molecule has 6 nitrogen and oxygen atoms in total. The highest BCUT2D eigenvalue weighted by Crippen LogP contribution is 2.46. The lowest BCUT2D eigenvalue weighted by atomic mass is 10.0. The Morgan fingerprint density at radius 2 is 1.96 bits per heavy atom. The number of carbonyl (C=O) groups excluding carboxylic acids is 1. The first-order valence-corrected chi connectivity index (χ1v) is 10.4. The van der Waals surface area contributed by atoms with Crippen molar-refractivity contribution < 1.29 is 13.2 Å². The first-order chi connectivity index (χ1) is 11.9. The van der Waals surface area contributed by atoms with Gasteiger partial charge in [-0.2, -0.15) is 0 Å². The summed E-state index contributed by atoms with van der Waals surface area (Å²) in [7, 11) is -3.52. The zero-order valence-electron chi connectivity index (χ0n) is 13.3. The van der Waals surface area contributed by atoms with Crippen LogP contribution >= 0.6 is 15.9 Å². The summed E-state index contributed by atoms with van der Waals surface area (Å²) in [4.78, 5) is 14.5. The van der Waals surface area contributed by atoms with Crippen LogP contribution in [0.3, 0.4) is 0 Å². The van der Waals surface area contributed by atoms with E-state index >= 15 is 0 Å². The molecule has 0 spiro atoms. The van der Waals surface area contributed by atoms with E-state index in [9.17, 15) is 13.2 Å². The molecule has 25 heavy (non-hydrogen) atoms. The van der Waals surface area contributed by atoms with Gasteiger partial charge in [-0.3, -0.25) is 4.79 Å². The lowest BCUT2D eigenvalue weighted by Gasteiger charge is -2.29. The van der Waals surface area contributed by atoms with E-state index in [1.807, 2.05) is 24.3 Å². The fourth-order valence-electron chi connectivity index (χ4n) is 3.06. The number of benzene rings is 1. The van der Waals surface area contributed by atoms with Gasteiger partial charge in [0, 0.05) is 17.2 Å². The molecule has 130 valence electrons. The Kier molecular flexibility index (Phi) is 3.84. The molecule has 0 atom stereocenters. The van der Waals surface area contributed by atoms with Gasteiger partial charge in [-0.1, -0.05) is 28.1 Å². The molecule has 2 aliphatic heterocycles. The third-order valence-corrected chi connectivity index (χ3v) is 6.28. The van der Waals surface area contributed by atoms with Crippen molar-refractivity contribution in [1.29, 1.82) is 0 Å². The minimum absolute atomic E-state index is 0.0431. The second-order valence-corrected chi connectivity index (χ2v) is 9.03. The molecule has 1 saturated carbocycles. The third-order valence-electron chi connectivity index (χ3n) is 4.60. The standard InChI is InChI=1S/C17H16BrN3O3S/c18-13-5-3-12(4-6-13)17(7-8-17)19-16(22)14-2-1-9-21-10-11-25(23,24)20-15(14)21/h1-6,9H,7-8,10-11H2,(H,19,22). The Morgan fingerprint density at radius 1 is 1.24 bits per heavy atom. The molecule has 0 unspecified atom stereocenters. The molecule has 0 radical (unpaired) electrons. The van der Waals surface area contributed by atoms with Crippen molar-refractivity contribution in [2.75, 3.05) is 12.3 Å². The van der Waals surface area contributed by atoms with E-state index in [2.05, 4.69) is 25.6 Å². The summed E-state index contributed by atoms with van der Waals surface area (Å²) in [6.07, 6.45) is 6.82. The molecule has 1 aromatic carbocycles. The highest BCUT2D eigenvalue weighted by molar-refractivity contribution is 9.10. The molecule has 0 saturated heterocycles. The maximum absolute atomic E-state index is 12.8. The van der Waals surface area contributed by atoms with Gasteiger partial charge in [-0.15, -0.1) is 4.40 Å². The fraction of sp³-hybridized carbons (Fsp3) is 0.294. The molecule has 4 rings (SSSR count). The number of hydrogen-bond acceptors (Lipinski definition) is 4. The Bertz CT molecular complexity index is 928. The van der Waals surface area contributed by atoms with E-state index in [-0.39, 0.29) is 28.6 Å². The predicted octanol–water partition coefficient (Wildman–Crippen LogP) is 2.05. The molecule has 1 aromatic rings. The van der Waals surface area contributed by atoms with Crippen LogP contribution < -0.4 is 5.32 Å². The van der Waals surface area contributed by atoms with Crippen molar-refractivity contribution in [3.8, 4) is 0 Å². The lowest BCUT2D eigenvalue weighted by molar-refractivity contribution is -0.118. The number of hydrogen-bond donors (Lipinski definition) is 1. The second kappa shape index (κ2) is 5.81. The van der Waals surface area contributed by atoms with Crippen molar-refractivity contribution in [3.05, 3.63) is 58.2 Å². The van der Waals surface area contributed by atoms with Crippen molar-refractivity contribution in [1.82, 2.24) is 10.2 Å². The number of amidine groups is 1. The first-order valence-electron chi connectivity index (χ1n) is 7.95. The number of carbonyl (C=O) groups is 1. The molecule has 2 heterocycles. The van der Waals surface area contributed by atoms with Crippen LogP contribution in [0, 0.1) is 0 Å². The van der Waals surface area contributed by atoms with Crippen LogP contribution in [-0.2, 0) is 20.4 Å². The quantitative estimate of drug-likeness (QED) is 0.809. The number of rotatable bonds is 3. The summed E-state index contributed by atoms with van der Waals surface area (Å²) < 4.78 is 28.4. The van der Waals surface area contributed by atoms with Gasteiger partial charge in [0.15, 0.2) is 5.84 Å². The van der Waals surface area contributed by atoms with E-state index in [4.69, 9.17) is 0 Å². The van der Waals surface area contributed by atoms with Crippen LogP contribution in [0.25, 0.3) is 0 Å². The van der Waals surface area contributed by atoms with Gasteiger partial charge in [0.2, 0.25) is 0 Å². The zero-order chi connectivity index (χ0) is 17.7. The molecular weight excluding hydrogens is 406 g/mol. The number of nitrogens with one attached hydrogen (secondary N) is 1. The van der Waals surface area contributed by atoms with Gasteiger partial charge in [0.1, 0.15) is 0 Å². The summed E-state index contributed by atoms with van der Waals surface area (Å²) in [6, 6.07) is 7.87. The molecule has 1 fully saturated rings. The number of amides is 1. The van der Waals surface area contributed by atoms with Gasteiger partial charge in [0.25, 0.3) is 15.9 Å². The van der Waals surface area contributed by atoms with Gasteiger partial charge in [-0.05, 0) is 42.7 Å². The van der Waals surface area contributed by atoms with E-state index in [0.29, 0.717) is 6.54 Å². The maximum Gasteiger partial charge on any atom is 0.256 e. The lowest BCUT2D eigenvalue weighted by Crippen LogP contribution is -2.44. The minimum atomic E-state index is -3.52. The normalized spacial score (nSPS) is 22.5. The minimum Gasteiger partial charge on any atom is -0.342 e. The van der Waals surface area contributed by atoms with Gasteiger partial charge >= 0.3 is 0 Å². The predicted molar refractivity (Wildman–Crippen MR) is 98.3 cm³/mol. The Hall–Kier alpha value is -1.93. The largest absolute Gasteiger partial charge is 0.342 e. The van der Waals surface area contributed by atoms with Crippen molar-refractivity contribution in [3.63, 3.8) is 0 Å². The monoisotopic (exact) mass is 421 g/mol. The first kappa shape index (κ1) is 16.5. The number of halogens is 1. The maximum atomic E-state index is 12.8. The SMILES string of the molecule is O=C(NC1(c2ccc(Br)cc2)CC1)C1=CC=CN2CCS(=O)(=O)N=C12. The van der Waals surface area contributed by atoms with E-state index in [0.717, 1.165) is 22.9 Å². The van der Waals surface area contributed by atoms with Gasteiger partial charge < -0.3 is 10.2 Å². The molecule has 1 aliphatic carbocycles. The van der Waals surface area contributed by atoms with Crippen LogP contribution in [0.1, 0.15) is 18.4 Å². The molecule has 3 aliphatic rings. The number of nitrogens with zero attached hydrogens (tertiary/aromatic N) is 2. The summed E-state index contributed by atoms with van der Waals surface area (Å²) in [5.74, 6) is -0.137. The van der Waals surface area contributed by atoms with Crippen LogP contribution in [-0.4, -0.2) is 37.4 Å². The average molecular weight is 422 g/mol. The van der Waals surface area contributed by atoms with Crippen molar-refractivity contribution in [2.24, 2.45) is 4.40 Å². The Balaban J connectivity index is 1.61. The molecule has 8 heteroatoms. The third kappa shape index (κ3) is 3.16. The Morgan fingerprint density at radius 3 is 2.64 bits per heavy atom. The number of fused-ring (bicyclic) bond motifs is 1. The molecular formula is C17H16BrN3O3S. The topological polar surface area (TPSA) is 78.8 Å². The summed E-state index contributed by atoms with van der Waals surface area (Å²) in [5.41, 5.74) is 0.957. The summed E-state index contributed by atoms with van der Waals surface area (Å²) in [5, 5.41) is 3.07. The molecule has 1 amide bonds. The number of sulfonamides is 1. The number of allylic oxidation sites excluding steroid dienone is 2. The fourth-order valence-corrected chi connectivity index (χ4v) is 4.31. The highest BCUT2D eigenvalue weighted by Gasteiger charge is 2.46. The van der Waals surface area contributed by atoms with Gasteiger partial charge in [0.05, 0.1) is 16.9 Å². The highest BCUT2D eigenvalue weighted by atomic mass is 79.9. The summed E-state index contributed by atoms with van der Waals surface area (Å²) in [6.45, 7) is 0.306.